The number of nitrogens with zero attached hydrogens (tertiary/aromatic N) is 1. The number of halogens is 1. The second-order valence-corrected chi connectivity index (χ2v) is 7.18. The van der Waals surface area contributed by atoms with E-state index < -0.39 is 0 Å². The number of hydrogen-bond donors (Lipinski definition) is 0. The molecule has 1 atom stereocenters. The van der Waals surface area contributed by atoms with Gasteiger partial charge < -0.3 is 4.90 Å². The Morgan fingerprint density at radius 2 is 1.95 bits per heavy atom. The van der Waals surface area contributed by atoms with Crippen LogP contribution in [0.2, 0.25) is 0 Å². The van der Waals surface area contributed by atoms with Gasteiger partial charge in [0.15, 0.2) is 0 Å². The van der Waals surface area contributed by atoms with E-state index in [4.69, 9.17) is 0 Å². The quantitative estimate of drug-likeness (QED) is 0.789. The molecule has 0 saturated heterocycles. The van der Waals surface area contributed by atoms with Crippen LogP contribution in [0.3, 0.4) is 0 Å². The van der Waals surface area contributed by atoms with Gasteiger partial charge in [0.2, 0.25) is 0 Å². The molecule has 1 aliphatic rings. The first-order valence-corrected chi connectivity index (χ1v) is 8.78. The monoisotopic (exact) mass is 315 g/mol. The molecule has 2 aromatic rings. The van der Waals surface area contributed by atoms with Gasteiger partial charge in [-0.1, -0.05) is 24.3 Å². The van der Waals surface area contributed by atoms with Crippen molar-refractivity contribution in [1.29, 1.82) is 0 Å². The molecule has 1 nitrogen and oxygen atoms in total. The molecule has 116 valence electrons. The first-order chi connectivity index (χ1) is 10.6. The van der Waals surface area contributed by atoms with Crippen LogP contribution in [0.4, 0.5) is 4.39 Å². The normalized spacial score (nSPS) is 17.0. The van der Waals surface area contributed by atoms with E-state index in [1.165, 1.54) is 16.0 Å². The summed E-state index contributed by atoms with van der Waals surface area (Å²) in [7, 11) is 4.20. The van der Waals surface area contributed by atoms with Gasteiger partial charge in [0.25, 0.3) is 0 Å². The Balaban J connectivity index is 1.98. The highest BCUT2D eigenvalue weighted by atomic mass is 32.2. The largest absolute Gasteiger partial charge is 0.309 e. The van der Waals surface area contributed by atoms with E-state index in [0.29, 0.717) is 5.92 Å². The van der Waals surface area contributed by atoms with Crippen molar-refractivity contribution in [2.24, 2.45) is 0 Å². The molecule has 3 rings (SSSR count). The highest BCUT2D eigenvalue weighted by molar-refractivity contribution is 7.98. The average Bonchev–Trinajstić information content (AvgIpc) is 2.65. The van der Waals surface area contributed by atoms with Crippen LogP contribution in [0, 0.1) is 5.82 Å². The van der Waals surface area contributed by atoms with Crippen molar-refractivity contribution >= 4 is 11.8 Å². The zero-order valence-corrected chi connectivity index (χ0v) is 14.0. The fourth-order valence-electron chi connectivity index (χ4n) is 3.17. The summed E-state index contributed by atoms with van der Waals surface area (Å²) in [5.74, 6) is 1.15. The third-order valence-corrected chi connectivity index (χ3v) is 5.40. The van der Waals surface area contributed by atoms with Crippen molar-refractivity contribution < 1.29 is 4.39 Å². The molecule has 0 spiro atoms. The first kappa shape index (κ1) is 15.6. The van der Waals surface area contributed by atoms with Crippen LogP contribution >= 0.6 is 11.8 Å². The van der Waals surface area contributed by atoms with Gasteiger partial charge in [0.1, 0.15) is 5.82 Å². The summed E-state index contributed by atoms with van der Waals surface area (Å²) in [6.45, 7) is 1.07. The molecule has 0 aliphatic carbocycles. The van der Waals surface area contributed by atoms with Gasteiger partial charge in [0, 0.05) is 16.6 Å². The van der Waals surface area contributed by atoms with Crippen LogP contribution in [-0.2, 0) is 5.75 Å². The van der Waals surface area contributed by atoms with Crippen LogP contribution in [0.5, 0.6) is 0 Å². The minimum atomic E-state index is -0.128. The summed E-state index contributed by atoms with van der Waals surface area (Å²) >= 11 is 1.83. The Morgan fingerprint density at radius 1 is 1.14 bits per heavy atom. The van der Waals surface area contributed by atoms with E-state index >= 15 is 0 Å². The molecule has 0 aromatic heterocycles. The molecule has 3 heteroatoms. The van der Waals surface area contributed by atoms with Gasteiger partial charge in [-0.3, -0.25) is 0 Å². The highest BCUT2D eigenvalue weighted by Crippen LogP contribution is 2.42. The molecule has 22 heavy (non-hydrogen) atoms. The zero-order chi connectivity index (χ0) is 15.5. The topological polar surface area (TPSA) is 3.24 Å². The summed E-state index contributed by atoms with van der Waals surface area (Å²) in [5, 5.41) is 0. The molecule has 1 unspecified atom stereocenters. The lowest BCUT2D eigenvalue weighted by molar-refractivity contribution is 0.389. The van der Waals surface area contributed by atoms with Crippen LogP contribution < -0.4 is 0 Å². The Morgan fingerprint density at radius 3 is 2.77 bits per heavy atom. The van der Waals surface area contributed by atoms with E-state index in [9.17, 15) is 4.39 Å². The highest BCUT2D eigenvalue weighted by Gasteiger charge is 2.24. The van der Waals surface area contributed by atoms with E-state index in [0.717, 1.165) is 30.7 Å². The second-order valence-electron chi connectivity index (χ2n) is 6.17. The van der Waals surface area contributed by atoms with E-state index in [1.807, 2.05) is 17.8 Å². The standard InChI is InChI=1S/C19H22FNS/c1-21(2)11-5-8-17-16-7-4-3-6-14(16)13-22-19-10-9-15(20)12-18(17)19/h3-4,6-7,9-10,12,17H,5,8,11,13H2,1-2H3. The lowest BCUT2D eigenvalue weighted by atomic mass is 9.85. The number of benzene rings is 2. The average molecular weight is 315 g/mol. The lowest BCUT2D eigenvalue weighted by Gasteiger charge is -2.21. The van der Waals surface area contributed by atoms with Crippen LogP contribution in [0.1, 0.15) is 35.4 Å². The summed E-state index contributed by atoms with van der Waals surface area (Å²) < 4.78 is 13.8. The van der Waals surface area contributed by atoms with Crippen LogP contribution in [0.25, 0.3) is 0 Å². The summed E-state index contributed by atoms with van der Waals surface area (Å²) in [4.78, 5) is 3.44. The molecule has 0 bridgehead atoms. The van der Waals surface area contributed by atoms with Crippen molar-refractivity contribution in [1.82, 2.24) is 4.90 Å². The van der Waals surface area contributed by atoms with Crippen LogP contribution in [0.15, 0.2) is 47.4 Å². The molecular weight excluding hydrogens is 293 g/mol. The Hall–Kier alpha value is -1.32. The van der Waals surface area contributed by atoms with Crippen molar-refractivity contribution in [2.45, 2.75) is 29.4 Å². The lowest BCUT2D eigenvalue weighted by Crippen LogP contribution is -2.14. The summed E-state index contributed by atoms with van der Waals surface area (Å²) in [6, 6.07) is 13.9. The first-order valence-electron chi connectivity index (χ1n) is 7.80. The molecule has 0 saturated carbocycles. The summed E-state index contributed by atoms with van der Waals surface area (Å²) in [5.41, 5.74) is 3.92. The Kier molecular flexibility index (Phi) is 4.84. The molecule has 2 aromatic carbocycles. The van der Waals surface area contributed by atoms with Crippen molar-refractivity contribution in [3.8, 4) is 0 Å². The number of hydrogen-bond acceptors (Lipinski definition) is 2. The van der Waals surface area contributed by atoms with Gasteiger partial charge in [-0.15, -0.1) is 11.8 Å². The predicted molar refractivity (Wildman–Crippen MR) is 92.0 cm³/mol. The van der Waals surface area contributed by atoms with Crippen molar-refractivity contribution in [3.05, 3.63) is 65.0 Å². The number of rotatable bonds is 4. The minimum Gasteiger partial charge on any atom is -0.309 e. The molecule has 0 fully saturated rings. The number of thioether (sulfide) groups is 1. The molecule has 0 N–H and O–H groups in total. The second kappa shape index (κ2) is 6.84. The van der Waals surface area contributed by atoms with Crippen molar-refractivity contribution in [3.63, 3.8) is 0 Å². The Labute approximate surface area is 136 Å². The molecule has 0 radical (unpaired) electrons. The van der Waals surface area contributed by atoms with E-state index in [2.05, 4.69) is 43.3 Å². The van der Waals surface area contributed by atoms with Gasteiger partial charge in [-0.2, -0.15) is 0 Å². The Bertz CT molecular complexity index is 654. The zero-order valence-electron chi connectivity index (χ0n) is 13.2. The molecule has 1 heterocycles. The SMILES string of the molecule is CN(C)CCCC1c2ccccc2CSc2ccc(F)cc21. The predicted octanol–water partition coefficient (Wildman–Crippen LogP) is 4.91. The van der Waals surface area contributed by atoms with E-state index in [1.54, 1.807) is 12.1 Å². The molecule has 1 aliphatic heterocycles. The molecule has 0 amide bonds. The van der Waals surface area contributed by atoms with Gasteiger partial charge in [0.05, 0.1) is 0 Å². The summed E-state index contributed by atoms with van der Waals surface area (Å²) in [6.07, 6.45) is 2.18. The fraction of sp³-hybridized carbons (Fsp3) is 0.368. The number of fused-ring (bicyclic) bond motifs is 2. The van der Waals surface area contributed by atoms with Gasteiger partial charge >= 0.3 is 0 Å². The smallest absolute Gasteiger partial charge is 0.123 e. The van der Waals surface area contributed by atoms with E-state index in [-0.39, 0.29) is 5.82 Å². The maximum atomic E-state index is 13.8. The molecular formula is C19H22FNS. The minimum absolute atomic E-state index is 0.128. The van der Waals surface area contributed by atoms with Crippen molar-refractivity contribution in [2.75, 3.05) is 20.6 Å². The third-order valence-electron chi connectivity index (χ3n) is 4.26. The third kappa shape index (κ3) is 3.36. The van der Waals surface area contributed by atoms with Crippen LogP contribution in [-0.4, -0.2) is 25.5 Å². The van der Waals surface area contributed by atoms with Gasteiger partial charge in [-0.25, -0.2) is 4.39 Å². The fourth-order valence-corrected chi connectivity index (χ4v) is 4.28. The maximum absolute atomic E-state index is 13.8. The maximum Gasteiger partial charge on any atom is 0.123 e. The van der Waals surface area contributed by atoms with Gasteiger partial charge in [-0.05, 0) is 68.4 Å².